The predicted octanol–water partition coefficient (Wildman–Crippen LogP) is 3.95. The van der Waals surface area contributed by atoms with Gasteiger partial charge < -0.3 is 9.64 Å². The van der Waals surface area contributed by atoms with E-state index in [-0.39, 0.29) is 17.4 Å². The van der Waals surface area contributed by atoms with Gasteiger partial charge in [-0.15, -0.1) is 0 Å². The summed E-state index contributed by atoms with van der Waals surface area (Å²) in [5.74, 6) is 1.22. The molecule has 1 saturated carbocycles. The molecular formula is C25H24FN5O2. The fourth-order valence-corrected chi connectivity index (χ4v) is 4.32. The minimum absolute atomic E-state index is 0.0163. The SMILES string of the molecule is N#Cc1ccc(-n2ccc(OC3CCN(c4ncc(C5CCC5)cn4)CC3)cc2=O)c(F)c1. The van der Waals surface area contributed by atoms with Gasteiger partial charge in [0.25, 0.3) is 5.56 Å². The van der Waals surface area contributed by atoms with E-state index < -0.39 is 11.4 Å². The molecular weight excluding hydrogens is 421 g/mol. The van der Waals surface area contributed by atoms with Crippen molar-refractivity contribution in [1.82, 2.24) is 14.5 Å². The summed E-state index contributed by atoms with van der Waals surface area (Å²) in [5, 5.41) is 8.88. The number of pyridine rings is 1. The lowest BCUT2D eigenvalue weighted by Crippen LogP contribution is -2.39. The van der Waals surface area contributed by atoms with Crippen LogP contribution in [0.25, 0.3) is 5.69 Å². The minimum Gasteiger partial charge on any atom is -0.490 e. The molecule has 5 rings (SSSR count). The molecule has 2 aromatic heterocycles. The fraction of sp³-hybridized carbons (Fsp3) is 0.360. The summed E-state index contributed by atoms with van der Waals surface area (Å²) in [6.45, 7) is 1.56. The van der Waals surface area contributed by atoms with Crippen molar-refractivity contribution in [1.29, 1.82) is 5.26 Å². The van der Waals surface area contributed by atoms with Crippen molar-refractivity contribution < 1.29 is 9.13 Å². The Hall–Kier alpha value is -3.73. The van der Waals surface area contributed by atoms with Crippen LogP contribution < -0.4 is 15.2 Å². The Balaban J connectivity index is 1.20. The van der Waals surface area contributed by atoms with Crippen molar-refractivity contribution in [3.8, 4) is 17.5 Å². The second-order valence-corrected chi connectivity index (χ2v) is 8.60. The molecule has 0 atom stereocenters. The summed E-state index contributed by atoms with van der Waals surface area (Å²) in [4.78, 5) is 23.8. The lowest BCUT2D eigenvalue weighted by Gasteiger charge is -2.32. The van der Waals surface area contributed by atoms with Gasteiger partial charge in [-0.3, -0.25) is 9.36 Å². The maximum atomic E-state index is 14.3. The van der Waals surface area contributed by atoms with Crippen molar-refractivity contribution in [2.75, 3.05) is 18.0 Å². The molecule has 1 aliphatic carbocycles. The molecule has 1 aliphatic heterocycles. The summed E-state index contributed by atoms with van der Waals surface area (Å²) >= 11 is 0. The van der Waals surface area contributed by atoms with Crippen LogP contribution in [0.15, 0.2) is 53.7 Å². The van der Waals surface area contributed by atoms with Gasteiger partial charge in [-0.05, 0) is 48.6 Å². The highest BCUT2D eigenvalue weighted by atomic mass is 19.1. The first-order valence-electron chi connectivity index (χ1n) is 11.3. The number of anilines is 1. The number of nitriles is 1. The van der Waals surface area contributed by atoms with Gasteiger partial charge in [0.15, 0.2) is 0 Å². The Morgan fingerprint density at radius 2 is 1.82 bits per heavy atom. The van der Waals surface area contributed by atoms with Crippen molar-refractivity contribution >= 4 is 5.95 Å². The van der Waals surface area contributed by atoms with Crippen molar-refractivity contribution in [2.24, 2.45) is 0 Å². The molecule has 0 unspecified atom stereocenters. The molecule has 3 aromatic rings. The molecule has 8 heteroatoms. The molecule has 2 aliphatic rings. The molecule has 3 heterocycles. The Bertz CT molecular complexity index is 1240. The van der Waals surface area contributed by atoms with Crippen molar-refractivity contribution in [3.05, 3.63) is 76.2 Å². The lowest BCUT2D eigenvalue weighted by atomic mass is 9.81. The van der Waals surface area contributed by atoms with Crippen LogP contribution in [0.4, 0.5) is 10.3 Å². The maximum Gasteiger partial charge on any atom is 0.258 e. The second-order valence-electron chi connectivity index (χ2n) is 8.60. The molecule has 7 nitrogen and oxygen atoms in total. The molecule has 0 N–H and O–H groups in total. The third-order valence-corrected chi connectivity index (χ3v) is 6.49. The number of rotatable bonds is 5. The Labute approximate surface area is 191 Å². The molecule has 2 fully saturated rings. The van der Waals surface area contributed by atoms with E-state index >= 15 is 0 Å². The molecule has 33 heavy (non-hydrogen) atoms. The number of halogens is 1. The minimum atomic E-state index is -0.625. The van der Waals surface area contributed by atoms with Crippen LogP contribution in [-0.2, 0) is 0 Å². The molecule has 1 saturated heterocycles. The van der Waals surface area contributed by atoms with Crippen molar-refractivity contribution in [3.63, 3.8) is 0 Å². The number of nitrogens with zero attached hydrogens (tertiary/aromatic N) is 5. The van der Waals surface area contributed by atoms with Gasteiger partial charge in [0.1, 0.15) is 17.7 Å². The molecule has 1 aromatic carbocycles. The van der Waals surface area contributed by atoms with Gasteiger partial charge in [0.2, 0.25) is 5.95 Å². The molecule has 0 amide bonds. The molecule has 0 radical (unpaired) electrons. The Morgan fingerprint density at radius 1 is 1.06 bits per heavy atom. The van der Waals surface area contributed by atoms with E-state index in [1.165, 1.54) is 53.8 Å². The Kier molecular flexibility index (Phi) is 5.78. The number of aromatic nitrogens is 3. The van der Waals surface area contributed by atoms with Crippen LogP contribution in [0.2, 0.25) is 0 Å². The number of benzene rings is 1. The first-order valence-corrected chi connectivity index (χ1v) is 11.3. The summed E-state index contributed by atoms with van der Waals surface area (Å²) in [6.07, 6.45) is 10.7. The normalized spacial score (nSPS) is 16.8. The van der Waals surface area contributed by atoms with Gasteiger partial charge in [-0.25, -0.2) is 14.4 Å². The largest absolute Gasteiger partial charge is 0.490 e. The van der Waals surface area contributed by atoms with E-state index in [0.717, 1.165) is 37.9 Å². The average molecular weight is 445 g/mol. The second kappa shape index (κ2) is 9.02. The highest BCUT2D eigenvalue weighted by molar-refractivity contribution is 5.41. The van der Waals surface area contributed by atoms with Crippen LogP contribution in [0, 0.1) is 17.1 Å². The quantitative estimate of drug-likeness (QED) is 0.591. The van der Waals surface area contributed by atoms with Crippen LogP contribution in [0.5, 0.6) is 5.75 Å². The van der Waals surface area contributed by atoms with Crippen LogP contribution in [0.1, 0.15) is 49.1 Å². The van der Waals surface area contributed by atoms with E-state index in [9.17, 15) is 9.18 Å². The van der Waals surface area contributed by atoms with Gasteiger partial charge in [-0.2, -0.15) is 5.26 Å². The van der Waals surface area contributed by atoms with E-state index in [4.69, 9.17) is 10.00 Å². The summed E-state index contributed by atoms with van der Waals surface area (Å²) in [6, 6.07) is 8.93. The van der Waals surface area contributed by atoms with Crippen LogP contribution in [-0.4, -0.2) is 33.7 Å². The zero-order chi connectivity index (χ0) is 22.8. The van der Waals surface area contributed by atoms with Gasteiger partial charge in [-0.1, -0.05) is 6.42 Å². The van der Waals surface area contributed by atoms with E-state index in [0.29, 0.717) is 11.7 Å². The summed E-state index contributed by atoms with van der Waals surface area (Å²) in [5.41, 5.74) is 1.14. The topological polar surface area (TPSA) is 84.0 Å². The third kappa shape index (κ3) is 4.44. The highest BCUT2D eigenvalue weighted by Crippen LogP contribution is 2.35. The molecule has 0 bridgehead atoms. The first-order chi connectivity index (χ1) is 16.1. The van der Waals surface area contributed by atoms with Gasteiger partial charge in [0, 0.05) is 50.6 Å². The number of hydrogen-bond donors (Lipinski definition) is 0. The predicted molar refractivity (Wildman–Crippen MR) is 121 cm³/mol. The van der Waals surface area contributed by atoms with Gasteiger partial charge >= 0.3 is 0 Å². The molecule has 0 spiro atoms. The fourth-order valence-electron chi connectivity index (χ4n) is 4.32. The first kappa shape index (κ1) is 21.1. The third-order valence-electron chi connectivity index (χ3n) is 6.49. The Morgan fingerprint density at radius 3 is 2.42 bits per heavy atom. The van der Waals surface area contributed by atoms with Crippen molar-refractivity contribution in [2.45, 2.75) is 44.1 Å². The molecule has 168 valence electrons. The number of piperidine rings is 1. The van der Waals surface area contributed by atoms with Gasteiger partial charge in [0.05, 0.1) is 17.3 Å². The van der Waals surface area contributed by atoms with Crippen LogP contribution in [0.3, 0.4) is 0 Å². The van der Waals surface area contributed by atoms with E-state index in [2.05, 4.69) is 14.9 Å². The van der Waals surface area contributed by atoms with Crippen LogP contribution >= 0.6 is 0 Å². The highest BCUT2D eigenvalue weighted by Gasteiger charge is 2.24. The zero-order valence-corrected chi connectivity index (χ0v) is 18.2. The average Bonchev–Trinajstić information content (AvgIpc) is 2.79. The number of ether oxygens (including phenoxy) is 1. The lowest BCUT2D eigenvalue weighted by molar-refractivity contribution is 0.170. The standard InChI is InChI=1S/C25H24FN5O2/c26-22-12-17(14-27)4-5-23(22)31-11-8-21(13-24(31)32)33-20-6-9-30(10-7-20)25-28-15-19(16-29-25)18-2-1-3-18/h4-5,8,11-13,15-16,18,20H,1-3,6-7,9-10H2. The van der Waals surface area contributed by atoms with E-state index in [1.54, 1.807) is 6.07 Å². The summed E-state index contributed by atoms with van der Waals surface area (Å²) < 4.78 is 21.5. The monoisotopic (exact) mass is 445 g/mol. The smallest absolute Gasteiger partial charge is 0.258 e. The van der Waals surface area contributed by atoms with E-state index in [1.807, 2.05) is 18.5 Å². The summed E-state index contributed by atoms with van der Waals surface area (Å²) in [7, 11) is 0. The number of hydrogen-bond acceptors (Lipinski definition) is 6. The zero-order valence-electron chi connectivity index (χ0n) is 18.2. The maximum absolute atomic E-state index is 14.3.